The van der Waals surface area contributed by atoms with Crippen LogP contribution in [-0.2, 0) is 4.79 Å². The topological polar surface area (TPSA) is 45.2 Å². The van der Waals surface area contributed by atoms with Crippen molar-refractivity contribution in [1.82, 2.24) is 10.3 Å². The molecular weight excluding hydrogens is 262 g/mol. The Balaban J connectivity index is 0.000000921. The van der Waals surface area contributed by atoms with Crippen LogP contribution in [-0.4, -0.2) is 30.5 Å². The molecule has 4 nitrogen and oxygen atoms in total. The molecule has 0 radical (unpaired) electrons. The molecule has 0 aromatic carbocycles. The minimum atomic E-state index is -0.360. The van der Waals surface area contributed by atoms with Crippen LogP contribution < -0.4 is 10.2 Å². The molecule has 1 aliphatic heterocycles. The van der Waals surface area contributed by atoms with E-state index in [9.17, 15) is 4.79 Å². The summed E-state index contributed by atoms with van der Waals surface area (Å²) in [5.41, 5.74) is 1.49. The first-order valence-electron chi connectivity index (χ1n) is 7.96. The van der Waals surface area contributed by atoms with Crippen LogP contribution in [0, 0.1) is 12.3 Å². The van der Waals surface area contributed by atoms with Gasteiger partial charge in [-0.15, -0.1) is 0 Å². The van der Waals surface area contributed by atoms with Gasteiger partial charge >= 0.3 is 0 Å². The van der Waals surface area contributed by atoms with Crippen LogP contribution >= 0.6 is 0 Å². The van der Waals surface area contributed by atoms with Gasteiger partial charge in [-0.25, -0.2) is 0 Å². The summed E-state index contributed by atoms with van der Waals surface area (Å²) in [4.78, 5) is 18.5. The first-order valence-corrected chi connectivity index (χ1v) is 7.96. The predicted molar refractivity (Wildman–Crippen MR) is 90.7 cm³/mol. The highest BCUT2D eigenvalue weighted by atomic mass is 16.2. The Morgan fingerprint density at radius 2 is 1.81 bits per heavy atom. The highest BCUT2D eigenvalue weighted by Crippen LogP contribution is 2.24. The molecule has 1 aromatic heterocycles. The Morgan fingerprint density at radius 3 is 2.33 bits per heavy atom. The van der Waals surface area contributed by atoms with Gasteiger partial charge in [-0.2, -0.15) is 0 Å². The Hall–Kier alpha value is -1.42. The summed E-state index contributed by atoms with van der Waals surface area (Å²) in [7, 11) is 0. The Bertz CT molecular complexity index is 413. The molecule has 0 spiro atoms. The average molecular weight is 293 g/mol. The van der Waals surface area contributed by atoms with Crippen LogP contribution in [0.2, 0.25) is 0 Å². The van der Waals surface area contributed by atoms with Gasteiger partial charge in [0.15, 0.2) is 0 Å². The number of pyridine rings is 1. The van der Waals surface area contributed by atoms with E-state index in [1.54, 1.807) is 6.20 Å². The van der Waals surface area contributed by atoms with E-state index in [0.29, 0.717) is 6.54 Å². The molecule has 0 unspecified atom stereocenters. The number of hydrogen-bond acceptors (Lipinski definition) is 3. The monoisotopic (exact) mass is 293 g/mol. The third-order valence-electron chi connectivity index (χ3n) is 3.11. The van der Waals surface area contributed by atoms with E-state index in [1.165, 1.54) is 0 Å². The number of rotatable bonds is 1. The fourth-order valence-electron chi connectivity index (χ4n) is 2.00. The summed E-state index contributed by atoms with van der Waals surface area (Å²) in [6, 6.07) is 3.90. The highest BCUT2D eigenvalue weighted by molar-refractivity contribution is 5.97. The van der Waals surface area contributed by atoms with Crippen molar-refractivity contribution < 1.29 is 4.79 Å². The van der Waals surface area contributed by atoms with Crippen LogP contribution in [0.1, 0.15) is 47.2 Å². The number of nitrogens with one attached hydrogen (secondary N) is 1. The second-order valence-corrected chi connectivity index (χ2v) is 5.18. The van der Waals surface area contributed by atoms with Gasteiger partial charge in [0.2, 0.25) is 5.91 Å². The first kappa shape index (κ1) is 19.6. The number of nitrogens with zero attached hydrogens (tertiary/aromatic N) is 2. The lowest BCUT2D eigenvalue weighted by Gasteiger charge is -2.28. The normalized spacial score (nSPS) is 16.9. The molecule has 4 heteroatoms. The number of anilines is 1. The maximum Gasteiger partial charge on any atom is 0.234 e. The van der Waals surface area contributed by atoms with Crippen LogP contribution in [0.15, 0.2) is 18.3 Å². The quantitative estimate of drug-likeness (QED) is 0.863. The maximum atomic E-state index is 12.4. The van der Waals surface area contributed by atoms with Gasteiger partial charge in [-0.3, -0.25) is 9.78 Å². The van der Waals surface area contributed by atoms with Crippen LogP contribution in [0.5, 0.6) is 0 Å². The predicted octanol–water partition coefficient (Wildman–Crippen LogP) is 3.40. The summed E-state index contributed by atoms with van der Waals surface area (Å²) in [5, 5.41) is 3.30. The summed E-state index contributed by atoms with van der Waals surface area (Å²) in [6.07, 6.45) is 1.77. The molecular formula is C17H31N3O. The van der Waals surface area contributed by atoms with Gasteiger partial charge in [0, 0.05) is 25.3 Å². The van der Waals surface area contributed by atoms with Crippen LogP contribution in [0.4, 0.5) is 5.69 Å². The zero-order chi connectivity index (χ0) is 16.5. The van der Waals surface area contributed by atoms with E-state index < -0.39 is 0 Å². The van der Waals surface area contributed by atoms with Crippen molar-refractivity contribution in [2.24, 2.45) is 5.41 Å². The fourth-order valence-corrected chi connectivity index (χ4v) is 2.00. The standard InChI is InChI=1S/C13H19N3O.2C2H6/c1-10-4-5-11(8-15-10)16-7-6-14-9-13(2,3)12(16)17;2*1-2/h4-5,8,14H,6-7,9H2,1-3H3;2*1-2H3. The zero-order valence-electron chi connectivity index (χ0n) is 14.7. The number of carbonyl (C=O) groups excluding carboxylic acids is 1. The summed E-state index contributed by atoms with van der Waals surface area (Å²) >= 11 is 0. The molecule has 21 heavy (non-hydrogen) atoms. The van der Waals surface area contributed by atoms with Crippen LogP contribution in [0.3, 0.4) is 0 Å². The minimum absolute atomic E-state index is 0.160. The van der Waals surface area contributed by atoms with Crippen molar-refractivity contribution in [3.8, 4) is 0 Å². The van der Waals surface area contributed by atoms with Gasteiger partial charge in [-0.05, 0) is 32.9 Å². The number of hydrogen-bond donors (Lipinski definition) is 1. The molecule has 120 valence electrons. The number of carbonyl (C=O) groups is 1. The molecule has 1 N–H and O–H groups in total. The highest BCUT2D eigenvalue weighted by Gasteiger charge is 2.34. The number of aromatic nitrogens is 1. The fraction of sp³-hybridized carbons (Fsp3) is 0.647. The molecule has 1 fully saturated rings. The molecule has 1 aliphatic rings. The smallest absolute Gasteiger partial charge is 0.234 e. The zero-order valence-corrected chi connectivity index (χ0v) is 14.7. The molecule has 2 heterocycles. The van der Waals surface area contributed by atoms with Crippen molar-refractivity contribution in [3.05, 3.63) is 24.0 Å². The van der Waals surface area contributed by atoms with Gasteiger partial charge in [0.1, 0.15) is 0 Å². The van der Waals surface area contributed by atoms with Crippen molar-refractivity contribution in [3.63, 3.8) is 0 Å². The Labute approximate surface area is 130 Å². The van der Waals surface area contributed by atoms with Crippen molar-refractivity contribution >= 4 is 11.6 Å². The van der Waals surface area contributed by atoms with E-state index in [1.807, 2.05) is 65.5 Å². The second kappa shape index (κ2) is 9.50. The summed E-state index contributed by atoms with van der Waals surface area (Å²) < 4.78 is 0. The third-order valence-corrected chi connectivity index (χ3v) is 3.11. The number of aryl methyl sites for hydroxylation is 1. The molecule has 0 atom stereocenters. The lowest BCUT2D eigenvalue weighted by Crippen LogP contribution is -2.41. The molecule has 1 saturated heterocycles. The van der Waals surface area contributed by atoms with E-state index in [4.69, 9.17) is 0 Å². The van der Waals surface area contributed by atoms with Gasteiger partial charge in [0.05, 0.1) is 17.3 Å². The van der Waals surface area contributed by atoms with E-state index in [2.05, 4.69) is 10.3 Å². The number of amides is 1. The van der Waals surface area contributed by atoms with E-state index >= 15 is 0 Å². The van der Waals surface area contributed by atoms with E-state index in [0.717, 1.165) is 24.5 Å². The SMILES string of the molecule is CC.CC.Cc1ccc(N2CCNCC(C)(C)C2=O)cn1. The lowest BCUT2D eigenvalue weighted by atomic mass is 9.92. The lowest BCUT2D eigenvalue weighted by molar-refractivity contribution is -0.125. The van der Waals surface area contributed by atoms with Crippen molar-refractivity contribution in [1.29, 1.82) is 0 Å². The molecule has 0 bridgehead atoms. The molecule has 1 amide bonds. The minimum Gasteiger partial charge on any atom is -0.314 e. The third kappa shape index (κ3) is 5.46. The maximum absolute atomic E-state index is 12.4. The summed E-state index contributed by atoms with van der Waals surface area (Å²) in [6.45, 7) is 16.1. The van der Waals surface area contributed by atoms with E-state index in [-0.39, 0.29) is 11.3 Å². The van der Waals surface area contributed by atoms with Gasteiger partial charge < -0.3 is 10.2 Å². The Kier molecular flexibility index (Phi) is 8.86. The second-order valence-electron chi connectivity index (χ2n) is 5.18. The van der Waals surface area contributed by atoms with Gasteiger partial charge in [0.25, 0.3) is 0 Å². The molecule has 0 aliphatic carbocycles. The molecule has 2 rings (SSSR count). The average Bonchev–Trinajstić information content (AvgIpc) is 2.64. The molecule has 1 aromatic rings. The summed E-state index contributed by atoms with van der Waals surface area (Å²) in [5.74, 6) is 0.160. The van der Waals surface area contributed by atoms with Gasteiger partial charge in [-0.1, -0.05) is 27.7 Å². The van der Waals surface area contributed by atoms with Crippen molar-refractivity contribution in [2.75, 3.05) is 24.5 Å². The molecule has 0 saturated carbocycles. The van der Waals surface area contributed by atoms with Crippen molar-refractivity contribution in [2.45, 2.75) is 48.5 Å². The Morgan fingerprint density at radius 1 is 1.19 bits per heavy atom. The van der Waals surface area contributed by atoms with Crippen LogP contribution in [0.25, 0.3) is 0 Å². The first-order chi connectivity index (χ1) is 10.0. The largest absolute Gasteiger partial charge is 0.314 e.